The smallest absolute Gasteiger partial charge is 0.191 e. The second kappa shape index (κ2) is 6.18. The molecule has 0 aromatic heterocycles. The number of nitrogens with two attached hydrogens (primary N) is 1. The summed E-state index contributed by atoms with van der Waals surface area (Å²) < 4.78 is 0. The van der Waals surface area contributed by atoms with E-state index in [0.717, 1.165) is 37.4 Å². The molecule has 1 aliphatic carbocycles. The average Bonchev–Trinajstić information content (AvgIpc) is 2.92. The zero-order chi connectivity index (χ0) is 9.97. The Labute approximate surface area is 113 Å². The van der Waals surface area contributed by atoms with Gasteiger partial charge in [0.2, 0.25) is 0 Å². The lowest BCUT2D eigenvalue weighted by Gasteiger charge is -2.27. The molecule has 2 atom stereocenters. The Kier molecular flexibility index (Phi) is 5.52. The van der Waals surface area contributed by atoms with Crippen molar-refractivity contribution in [1.82, 2.24) is 4.90 Å². The van der Waals surface area contributed by atoms with Crippen LogP contribution in [0.3, 0.4) is 0 Å². The highest BCUT2D eigenvalue weighted by molar-refractivity contribution is 14.0. The third kappa shape index (κ3) is 4.01. The van der Waals surface area contributed by atoms with Crippen molar-refractivity contribution in [2.45, 2.75) is 13.3 Å². The van der Waals surface area contributed by atoms with Crippen LogP contribution in [0.4, 0.5) is 0 Å². The summed E-state index contributed by atoms with van der Waals surface area (Å²) in [5.74, 6) is 4.84. The summed E-state index contributed by atoms with van der Waals surface area (Å²) in [6.07, 6.45) is 1.34. The van der Waals surface area contributed by atoms with Gasteiger partial charge in [-0.15, -0.1) is 24.0 Å². The van der Waals surface area contributed by atoms with Crippen LogP contribution < -0.4 is 5.73 Å². The van der Waals surface area contributed by atoms with Crippen LogP contribution in [0.25, 0.3) is 0 Å². The van der Waals surface area contributed by atoms with Crippen LogP contribution in [0.15, 0.2) is 4.99 Å². The van der Waals surface area contributed by atoms with Crippen LogP contribution in [0, 0.1) is 11.8 Å². The van der Waals surface area contributed by atoms with Crippen molar-refractivity contribution >= 4 is 41.7 Å². The first-order valence-corrected chi connectivity index (χ1v) is 6.55. The van der Waals surface area contributed by atoms with E-state index >= 15 is 0 Å². The first-order chi connectivity index (χ1) is 6.77. The molecule has 3 nitrogen and oxygen atoms in total. The molecule has 1 saturated carbocycles. The second-order valence-electron chi connectivity index (χ2n) is 4.27. The van der Waals surface area contributed by atoms with Gasteiger partial charge < -0.3 is 10.6 Å². The largest absolute Gasteiger partial charge is 0.370 e. The Bertz CT molecular complexity index is 229. The van der Waals surface area contributed by atoms with Gasteiger partial charge in [0, 0.05) is 31.1 Å². The lowest BCUT2D eigenvalue weighted by Crippen LogP contribution is -2.42. The van der Waals surface area contributed by atoms with Crippen molar-refractivity contribution in [3.8, 4) is 0 Å². The Morgan fingerprint density at radius 3 is 2.60 bits per heavy atom. The van der Waals surface area contributed by atoms with Crippen LogP contribution in [0.5, 0.6) is 0 Å². The topological polar surface area (TPSA) is 41.6 Å². The molecule has 0 amide bonds. The van der Waals surface area contributed by atoms with Gasteiger partial charge in [-0.2, -0.15) is 11.8 Å². The third-order valence-electron chi connectivity index (χ3n) is 3.10. The Morgan fingerprint density at radius 1 is 1.47 bits per heavy atom. The fourth-order valence-electron chi connectivity index (χ4n) is 1.76. The molecule has 2 rings (SSSR count). The molecule has 2 unspecified atom stereocenters. The quantitative estimate of drug-likeness (QED) is 0.472. The average molecular weight is 341 g/mol. The lowest BCUT2D eigenvalue weighted by molar-refractivity contribution is 0.455. The van der Waals surface area contributed by atoms with E-state index in [1.807, 2.05) is 11.8 Å². The van der Waals surface area contributed by atoms with Gasteiger partial charge in [0.15, 0.2) is 5.96 Å². The number of rotatable bonds is 2. The maximum atomic E-state index is 5.94. The van der Waals surface area contributed by atoms with Crippen LogP contribution in [0.2, 0.25) is 0 Å². The van der Waals surface area contributed by atoms with Crippen molar-refractivity contribution in [3.05, 3.63) is 0 Å². The van der Waals surface area contributed by atoms with Crippen LogP contribution in [-0.2, 0) is 0 Å². The van der Waals surface area contributed by atoms with E-state index in [1.165, 1.54) is 17.9 Å². The standard InChI is InChI=1S/C10H19N3S.HI/c1-8-6-9(8)7-12-10(11)13-2-4-14-5-3-13;/h8-9H,2-7H2,1H3,(H2,11,12);1H. The molecule has 0 spiro atoms. The minimum Gasteiger partial charge on any atom is -0.370 e. The third-order valence-corrected chi connectivity index (χ3v) is 4.04. The number of aliphatic imine (C=N–C) groups is 1. The molecule has 1 aliphatic heterocycles. The molecule has 5 heteroatoms. The first kappa shape index (κ1) is 13.4. The number of thioether (sulfide) groups is 1. The molecule has 1 saturated heterocycles. The highest BCUT2D eigenvalue weighted by Crippen LogP contribution is 2.37. The van der Waals surface area contributed by atoms with E-state index < -0.39 is 0 Å². The van der Waals surface area contributed by atoms with Crippen molar-refractivity contribution < 1.29 is 0 Å². The summed E-state index contributed by atoms with van der Waals surface area (Å²) in [7, 11) is 0. The molecular weight excluding hydrogens is 321 g/mol. The summed E-state index contributed by atoms with van der Waals surface area (Å²) in [5, 5.41) is 0. The zero-order valence-corrected chi connectivity index (χ0v) is 12.3. The zero-order valence-electron chi connectivity index (χ0n) is 9.19. The number of guanidine groups is 1. The van der Waals surface area contributed by atoms with Gasteiger partial charge in [-0.1, -0.05) is 6.92 Å². The molecule has 88 valence electrons. The fourth-order valence-corrected chi connectivity index (χ4v) is 2.66. The fraction of sp³-hybridized carbons (Fsp3) is 0.900. The molecule has 2 fully saturated rings. The maximum absolute atomic E-state index is 5.94. The minimum absolute atomic E-state index is 0. The van der Waals surface area contributed by atoms with Gasteiger partial charge in [-0.3, -0.25) is 4.99 Å². The highest BCUT2D eigenvalue weighted by Gasteiger charge is 2.32. The highest BCUT2D eigenvalue weighted by atomic mass is 127. The van der Waals surface area contributed by atoms with Gasteiger partial charge in [-0.05, 0) is 18.3 Å². The van der Waals surface area contributed by atoms with Crippen molar-refractivity contribution in [2.75, 3.05) is 31.1 Å². The minimum atomic E-state index is 0. The predicted molar refractivity (Wildman–Crippen MR) is 78.1 cm³/mol. The molecular formula is C10H20IN3S. The summed E-state index contributed by atoms with van der Waals surface area (Å²) in [4.78, 5) is 6.68. The first-order valence-electron chi connectivity index (χ1n) is 5.40. The second-order valence-corrected chi connectivity index (χ2v) is 5.50. The van der Waals surface area contributed by atoms with Crippen LogP contribution in [-0.4, -0.2) is 42.0 Å². The van der Waals surface area contributed by atoms with Crippen molar-refractivity contribution in [2.24, 2.45) is 22.6 Å². The molecule has 15 heavy (non-hydrogen) atoms. The number of halogens is 1. The van der Waals surface area contributed by atoms with E-state index in [4.69, 9.17) is 5.73 Å². The number of nitrogens with zero attached hydrogens (tertiary/aromatic N) is 2. The summed E-state index contributed by atoms with van der Waals surface area (Å²) in [6.45, 7) is 5.37. The van der Waals surface area contributed by atoms with Gasteiger partial charge in [-0.25, -0.2) is 0 Å². The SMILES string of the molecule is CC1CC1CN=C(N)N1CCSCC1.I. The number of hydrogen-bond acceptors (Lipinski definition) is 2. The monoisotopic (exact) mass is 341 g/mol. The molecule has 0 aromatic carbocycles. The molecule has 0 radical (unpaired) electrons. The summed E-state index contributed by atoms with van der Waals surface area (Å²) in [6, 6.07) is 0. The van der Waals surface area contributed by atoms with Crippen LogP contribution in [0.1, 0.15) is 13.3 Å². The van der Waals surface area contributed by atoms with Gasteiger partial charge in [0.05, 0.1) is 0 Å². The Morgan fingerprint density at radius 2 is 2.07 bits per heavy atom. The molecule has 0 bridgehead atoms. The van der Waals surface area contributed by atoms with E-state index in [9.17, 15) is 0 Å². The van der Waals surface area contributed by atoms with Crippen LogP contribution >= 0.6 is 35.7 Å². The summed E-state index contributed by atoms with van der Waals surface area (Å²) in [5.41, 5.74) is 5.94. The maximum Gasteiger partial charge on any atom is 0.191 e. The molecule has 1 heterocycles. The number of hydrogen-bond donors (Lipinski definition) is 1. The lowest BCUT2D eigenvalue weighted by atomic mass is 10.3. The van der Waals surface area contributed by atoms with Crippen molar-refractivity contribution in [1.29, 1.82) is 0 Å². The van der Waals surface area contributed by atoms with Crippen molar-refractivity contribution in [3.63, 3.8) is 0 Å². The Hall–Kier alpha value is 0.350. The normalized spacial score (nSPS) is 31.0. The van der Waals surface area contributed by atoms with E-state index in [-0.39, 0.29) is 24.0 Å². The predicted octanol–water partition coefficient (Wildman–Crippen LogP) is 1.62. The van der Waals surface area contributed by atoms with E-state index in [1.54, 1.807) is 0 Å². The van der Waals surface area contributed by atoms with Gasteiger partial charge in [0.25, 0.3) is 0 Å². The molecule has 0 aromatic rings. The van der Waals surface area contributed by atoms with Gasteiger partial charge in [0.1, 0.15) is 0 Å². The van der Waals surface area contributed by atoms with Gasteiger partial charge >= 0.3 is 0 Å². The molecule has 2 aliphatic rings. The van der Waals surface area contributed by atoms with E-state index in [0.29, 0.717) is 0 Å². The summed E-state index contributed by atoms with van der Waals surface area (Å²) >= 11 is 2.00. The molecule has 2 N–H and O–H groups in total. The van der Waals surface area contributed by atoms with E-state index in [2.05, 4.69) is 16.8 Å². The Balaban J connectivity index is 0.00000112.